The fraction of sp³-hybridized carbons (Fsp3) is 0. The van der Waals surface area contributed by atoms with Crippen molar-refractivity contribution in [3.63, 3.8) is 0 Å². The quantitative estimate of drug-likeness (QED) is 0.507. The van der Waals surface area contributed by atoms with E-state index in [4.69, 9.17) is 11.6 Å². The van der Waals surface area contributed by atoms with Crippen LogP contribution in [0.25, 0.3) is 23.1 Å². The Morgan fingerprint density at radius 3 is 2.68 bits per heavy atom. The maximum Gasteiger partial charge on any atom is 0.270 e. The summed E-state index contributed by atoms with van der Waals surface area (Å²) < 4.78 is 0. The summed E-state index contributed by atoms with van der Waals surface area (Å²) in [7, 11) is 0. The number of benzene rings is 2. The van der Waals surface area contributed by atoms with E-state index in [2.05, 4.69) is 4.98 Å². The molecule has 0 saturated carbocycles. The molecule has 2 aromatic carbocycles. The molecular weight excluding hydrogens is 300 g/mol. The Morgan fingerprint density at radius 2 is 1.86 bits per heavy atom. The highest BCUT2D eigenvalue weighted by molar-refractivity contribution is 6.35. The van der Waals surface area contributed by atoms with Gasteiger partial charge in [0.15, 0.2) is 0 Å². The summed E-state index contributed by atoms with van der Waals surface area (Å²) in [6.07, 6.45) is 3.57. The third kappa shape index (κ3) is 2.97. The molecule has 0 amide bonds. The van der Waals surface area contributed by atoms with E-state index in [0.29, 0.717) is 10.7 Å². The van der Waals surface area contributed by atoms with Crippen LogP contribution >= 0.6 is 11.6 Å². The van der Waals surface area contributed by atoms with Crippen molar-refractivity contribution in [1.29, 1.82) is 0 Å². The second-order valence-corrected chi connectivity index (χ2v) is 5.14. The van der Waals surface area contributed by atoms with Crippen LogP contribution in [0.5, 0.6) is 0 Å². The van der Waals surface area contributed by atoms with E-state index < -0.39 is 4.92 Å². The van der Waals surface area contributed by atoms with E-state index in [1.54, 1.807) is 30.4 Å². The van der Waals surface area contributed by atoms with Crippen LogP contribution in [0.3, 0.4) is 0 Å². The summed E-state index contributed by atoms with van der Waals surface area (Å²) in [6, 6.07) is 15.8. The van der Waals surface area contributed by atoms with Crippen LogP contribution in [0.2, 0.25) is 5.02 Å². The van der Waals surface area contributed by atoms with Crippen molar-refractivity contribution in [2.45, 2.75) is 0 Å². The fourth-order valence-corrected chi connectivity index (χ4v) is 2.43. The Balaban J connectivity index is 1.95. The molecule has 0 atom stereocenters. The van der Waals surface area contributed by atoms with Crippen LogP contribution in [-0.4, -0.2) is 9.91 Å². The Bertz CT molecular complexity index is 891. The molecule has 0 radical (unpaired) electrons. The van der Waals surface area contributed by atoms with Gasteiger partial charge in [-0.05, 0) is 23.8 Å². The predicted octanol–water partition coefficient (Wildman–Crippen LogP) is 4.97. The van der Waals surface area contributed by atoms with Crippen molar-refractivity contribution < 1.29 is 4.92 Å². The van der Waals surface area contributed by atoms with Gasteiger partial charge in [-0.1, -0.05) is 48.0 Å². The van der Waals surface area contributed by atoms with Crippen molar-refractivity contribution >= 4 is 40.3 Å². The highest BCUT2D eigenvalue weighted by atomic mass is 35.5. The van der Waals surface area contributed by atoms with E-state index in [9.17, 15) is 10.1 Å². The Morgan fingerprint density at radius 1 is 1.05 bits per heavy atom. The van der Waals surface area contributed by atoms with Gasteiger partial charge in [0.05, 0.1) is 21.2 Å². The van der Waals surface area contributed by atoms with Crippen LogP contribution in [0.1, 0.15) is 11.3 Å². The number of aromatic nitrogens is 1. The molecule has 0 N–H and O–H groups in total. The number of nitrogens with zero attached hydrogens (tertiary/aromatic N) is 2. The molecule has 0 fully saturated rings. The minimum absolute atomic E-state index is 0.0617. The molecule has 0 aliphatic rings. The molecular formula is C17H11ClN2O2. The van der Waals surface area contributed by atoms with Gasteiger partial charge in [0.1, 0.15) is 0 Å². The molecule has 0 unspecified atom stereocenters. The lowest BCUT2D eigenvalue weighted by Crippen LogP contribution is -1.87. The molecule has 22 heavy (non-hydrogen) atoms. The zero-order valence-corrected chi connectivity index (χ0v) is 12.2. The van der Waals surface area contributed by atoms with E-state index in [-0.39, 0.29) is 5.69 Å². The standard InChI is InChI=1S/C17H11ClN2O2/c18-16-11-13(19-17-7-2-1-6-15(16)17)9-8-12-4-3-5-14(10-12)20(21)22/h1-11H/b9-8+. The minimum atomic E-state index is -0.414. The number of rotatable bonds is 3. The molecule has 1 heterocycles. The molecule has 0 spiro atoms. The Kier molecular flexibility index (Phi) is 3.85. The summed E-state index contributed by atoms with van der Waals surface area (Å²) in [5, 5.41) is 12.3. The molecule has 0 saturated heterocycles. The first-order valence-electron chi connectivity index (χ1n) is 6.61. The van der Waals surface area contributed by atoms with E-state index in [0.717, 1.165) is 16.5 Å². The van der Waals surface area contributed by atoms with Crippen molar-refractivity contribution in [2.24, 2.45) is 0 Å². The summed E-state index contributed by atoms with van der Waals surface area (Å²) in [6.45, 7) is 0. The van der Waals surface area contributed by atoms with Gasteiger partial charge in [0.25, 0.3) is 5.69 Å². The van der Waals surface area contributed by atoms with Crippen molar-refractivity contribution in [2.75, 3.05) is 0 Å². The SMILES string of the molecule is O=[N+]([O-])c1cccc(/C=C/c2cc(Cl)c3ccccc3n2)c1. The van der Waals surface area contributed by atoms with Gasteiger partial charge < -0.3 is 0 Å². The zero-order chi connectivity index (χ0) is 15.5. The molecule has 3 aromatic rings. The second-order valence-electron chi connectivity index (χ2n) is 4.73. The molecule has 3 rings (SSSR count). The lowest BCUT2D eigenvalue weighted by molar-refractivity contribution is -0.384. The monoisotopic (exact) mass is 310 g/mol. The Hall–Kier alpha value is -2.72. The number of halogens is 1. The highest BCUT2D eigenvalue weighted by Gasteiger charge is 2.04. The second kappa shape index (κ2) is 5.95. The van der Waals surface area contributed by atoms with E-state index >= 15 is 0 Å². The molecule has 108 valence electrons. The molecule has 4 nitrogen and oxygen atoms in total. The number of pyridine rings is 1. The van der Waals surface area contributed by atoms with Crippen molar-refractivity contribution in [3.8, 4) is 0 Å². The molecule has 5 heteroatoms. The largest absolute Gasteiger partial charge is 0.270 e. The number of hydrogen-bond donors (Lipinski definition) is 0. The predicted molar refractivity (Wildman–Crippen MR) is 88.8 cm³/mol. The first-order valence-corrected chi connectivity index (χ1v) is 6.99. The molecule has 0 bridgehead atoms. The highest BCUT2D eigenvalue weighted by Crippen LogP contribution is 2.24. The topological polar surface area (TPSA) is 56.0 Å². The summed E-state index contributed by atoms with van der Waals surface area (Å²) in [5.74, 6) is 0. The number of nitro benzene ring substituents is 1. The first-order chi connectivity index (χ1) is 10.6. The van der Waals surface area contributed by atoms with Gasteiger partial charge in [-0.25, -0.2) is 4.98 Å². The third-order valence-electron chi connectivity index (χ3n) is 3.21. The van der Waals surface area contributed by atoms with Gasteiger partial charge in [-0.2, -0.15) is 0 Å². The lowest BCUT2D eigenvalue weighted by atomic mass is 10.1. The van der Waals surface area contributed by atoms with E-state index in [1.165, 1.54) is 12.1 Å². The number of para-hydroxylation sites is 1. The molecule has 1 aromatic heterocycles. The minimum Gasteiger partial charge on any atom is -0.258 e. The number of hydrogen-bond acceptors (Lipinski definition) is 3. The number of nitro groups is 1. The van der Waals surface area contributed by atoms with Crippen LogP contribution in [-0.2, 0) is 0 Å². The maximum absolute atomic E-state index is 10.8. The summed E-state index contributed by atoms with van der Waals surface area (Å²) in [5.41, 5.74) is 2.32. The van der Waals surface area contributed by atoms with Crippen molar-refractivity contribution in [1.82, 2.24) is 4.98 Å². The first kappa shape index (κ1) is 14.2. The normalized spacial score (nSPS) is 11.1. The smallest absolute Gasteiger partial charge is 0.258 e. The molecule has 0 aliphatic carbocycles. The lowest BCUT2D eigenvalue weighted by Gasteiger charge is -2.01. The van der Waals surface area contributed by atoms with Gasteiger partial charge in [0, 0.05) is 17.5 Å². The van der Waals surface area contributed by atoms with Gasteiger partial charge >= 0.3 is 0 Å². The number of non-ortho nitro benzene ring substituents is 1. The maximum atomic E-state index is 10.8. The zero-order valence-electron chi connectivity index (χ0n) is 11.4. The van der Waals surface area contributed by atoms with Gasteiger partial charge in [-0.15, -0.1) is 0 Å². The fourth-order valence-electron chi connectivity index (χ4n) is 2.16. The van der Waals surface area contributed by atoms with E-state index in [1.807, 2.05) is 24.3 Å². The summed E-state index contributed by atoms with van der Waals surface area (Å²) in [4.78, 5) is 14.9. The third-order valence-corrected chi connectivity index (χ3v) is 3.53. The van der Waals surface area contributed by atoms with Crippen molar-refractivity contribution in [3.05, 3.63) is 81.0 Å². The van der Waals surface area contributed by atoms with Crippen LogP contribution in [0.15, 0.2) is 54.6 Å². The van der Waals surface area contributed by atoms with Crippen LogP contribution in [0, 0.1) is 10.1 Å². The number of fused-ring (bicyclic) bond motifs is 1. The molecule has 0 aliphatic heterocycles. The van der Waals surface area contributed by atoms with Gasteiger partial charge in [0.2, 0.25) is 0 Å². The Labute approximate surface area is 131 Å². The summed E-state index contributed by atoms with van der Waals surface area (Å²) >= 11 is 6.25. The average molecular weight is 311 g/mol. The van der Waals surface area contributed by atoms with Gasteiger partial charge in [-0.3, -0.25) is 10.1 Å². The average Bonchev–Trinajstić information content (AvgIpc) is 2.53. The van der Waals surface area contributed by atoms with Crippen LogP contribution in [0.4, 0.5) is 5.69 Å². The van der Waals surface area contributed by atoms with Crippen LogP contribution < -0.4 is 0 Å².